The topological polar surface area (TPSA) is 49.4 Å². The lowest BCUT2D eigenvalue weighted by Crippen LogP contribution is -2.55. The summed E-state index contributed by atoms with van der Waals surface area (Å²) in [6.45, 7) is 3.77. The number of nitrogens with one attached hydrogen (secondary N) is 1. The Hall–Kier alpha value is -1.68. The number of carbonyl (C=O) groups excluding carboxylic acids is 2. The van der Waals surface area contributed by atoms with Crippen molar-refractivity contribution in [2.24, 2.45) is 0 Å². The normalized spacial score (nSPS) is 26.1. The quantitative estimate of drug-likeness (QED) is 0.833. The highest BCUT2D eigenvalue weighted by molar-refractivity contribution is 6.07. The van der Waals surface area contributed by atoms with E-state index < -0.39 is 0 Å². The third-order valence-electron chi connectivity index (χ3n) is 4.57. The van der Waals surface area contributed by atoms with Crippen molar-refractivity contribution in [1.82, 2.24) is 10.2 Å². The number of carbonyl (C=O) groups is 2. The van der Waals surface area contributed by atoms with Crippen molar-refractivity contribution in [2.45, 2.75) is 37.6 Å². The molecule has 1 aromatic rings. The van der Waals surface area contributed by atoms with E-state index in [0.29, 0.717) is 6.42 Å². The van der Waals surface area contributed by atoms with Crippen molar-refractivity contribution in [3.8, 4) is 0 Å². The number of amides is 2. The molecule has 106 valence electrons. The Kier molecular flexibility index (Phi) is 3.34. The predicted octanol–water partition coefficient (Wildman–Crippen LogP) is 1.67. The van der Waals surface area contributed by atoms with Gasteiger partial charge < -0.3 is 5.32 Å². The van der Waals surface area contributed by atoms with Crippen LogP contribution in [-0.2, 0) is 9.59 Å². The van der Waals surface area contributed by atoms with Crippen LogP contribution in [0.4, 0.5) is 0 Å². The standard InChI is InChI=1S/C16H20N2O2/c1-16(7-9-17-10-8-16)18-14(19)11-13(15(18)20)12-5-3-2-4-6-12/h2-6,13,17H,7-11H2,1H3. The zero-order chi connectivity index (χ0) is 14.2. The van der Waals surface area contributed by atoms with Crippen molar-refractivity contribution < 1.29 is 9.59 Å². The molecule has 3 rings (SSSR count). The Morgan fingerprint density at radius 2 is 1.80 bits per heavy atom. The number of benzene rings is 1. The molecule has 2 fully saturated rings. The van der Waals surface area contributed by atoms with Crippen LogP contribution in [0.2, 0.25) is 0 Å². The minimum absolute atomic E-state index is 0.0201. The molecule has 4 heteroatoms. The monoisotopic (exact) mass is 272 g/mol. The lowest BCUT2D eigenvalue weighted by molar-refractivity contribution is -0.146. The van der Waals surface area contributed by atoms with Crippen LogP contribution in [0.25, 0.3) is 0 Å². The minimum atomic E-state index is -0.317. The molecule has 0 bridgehead atoms. The zero-order valence-electron chi connectivity index (χ0n) is 11.8. The summed E-state index contributed by atoms with van der Waals surface area (Å²) in [6.07, 6.45) is 1.99. The second-order valence-corrected chi connectivity index (χ2v) is 5.98. The summed E-state index contributed by atoms with van der Waals surface area (Å²) in [5.74, 6) is -0.339. The van der Waals surface area contributed by atoms with Gasteiger partial charge in [0.2, 0.25) is 11.8 Å². The van der Waals surface area contributed by atoms with Crippen molar-refractivity contribution >= 4 is 11.8 Å². The Morgan fingerprint density at radius 1 is 1.15 bits per heavy atom. The highest BCUT2D eigenvalue weighted by atomic mass is 16.2. The summed E-state index contributed by atoms with van der Waals surface area (Å²) < 4.78 is 0. The van der Waals surface area contributed by atoms with Gasteiger partial charge >= 0.3 is 0 Å². The van der Waals surface area contributed by atoms with Gasteiger partial charge in [0.25, 0.3) is 0 Å². The van der Waals surface area contributed by atoms with Crippen LogP contribution in [0.15, 0.2) is 30.3 Å². The molecular weight excluding hydrogens is 252 g/mol. The van der Waals surface area contributed by atoms with E-state index in [4.69, 9.17) is 0 Å². The molecule has 2 heterocycles. The number of hydrogen-bond donors (Lipinski definition) is 1. The van der Waals surface area contributed by atoms with Gasteiger partial charge in [-0.25, -0.2) is 0 Å². The number of nitrogens with zero attached hydrogens (tertiary/aromatic N) is 1. The maximum absolute atomic E-state index is 12.7. The van der Waals surface area contributed by atoms with E-state index in [2.05, 4.69) is 5.32 Å². The van der Waals surface area contributed by atoms with Gasteiger partial charge in [-0.05, 0) is 38.4 Å². The molecule has 0 saturated carbocycles. The summed E-state index contributed by atoms with van der Waals surface area (Å²) in [5.41, 5.74) is 0.633. The second-order valence-electron chi connectivity index (χ2n) is 5.98. The van der Waals surface area contributed by atoms with Gasteiger partial charge in [-0.2, -0.15) is 0 Å². The number of rotatable bonds is 2. The van der Waals surface area contributed by atoms with Crippen LogP contribution in [0.5, 0.6) is 0 Å². The molecule has 1 N–H and O–H groups in total. The van der Waals surface area contributed by atoms with Gasteiger partial charge in [0.05, 0.1) is 11.5 Å². The highest BCUT2D eigenvalue weighted by Crippen LogP contribution is 2.37. The van der Waals surface area contributed by atoms with Crippen LogP contribution in [-0.4, -0.2) is 35.3 Å². The molecule has 1 unspecified atom stereocenters. The molecule has 0 spiro atoms. The number of piperidine rings is 1. The molecule has 20 heavy (non-hydrogen) atoms. The van der Waals surface area contributed by atoms with Crippen molar-refractivity contribution in [3.05, 3.63) is 35.9 Å². The fraction of sp³-hybridized carbons (Fsp3) is 0.500. The van der Waals surface area contributed by atoms with Crippen LogP contribution < -0.4 is 5.32 Å². The van der Waals surface area contributed by atoms with Gasteiger partial charge in [0.15, 0.2) is 0 Å². The molecule has 1 aromatic carbocycles. The average Bonchev–Trinajstić information content (AvgIpc) is 2.76. The molecule has 0 aliphatic carbocycles. The predicted molar refractivity (Wildman–Crippen MR) is 76.2 cm³/mol. The summed E-state index contributed by atoms with van der Waals surface area (Å²) in [6, 6.07) is 9.63. The SMILES string of the molecule is CC1(N2C(=O)CC(c3ccccc3)C2=O)CCNCC1. The summed E-state index contributed by atoms with van der Waals surface area (Å²) >= 11 is 0. The van der Waals surface area contributed by atoms with Crippen molar-refractivity contribution in [1.29, 1.82) is 0 Å². The van der Waals surface area contributed by atoms with Gasteiger partial charge in [-0.3, -0.25) is 14.5 Å². The first-order chi connectivity index (χ1) is 9.62. The van der Waals surface area contributed by atoms with Gasteiger partial charge in [-0.15, -0.1) is 0 Å². The van der Waals surface area contributed by atoms with Crippen molar-refractivity contribution in [3.63, 3.8) is 0 Å². The van der Waals surface area contributed by atoms with Crippen molar-refractivity contribution in [2.75, 3.05) is 13.1 Å². The molecule has 0 aromatic heterocycles. The van der Waals surface area contributed by atoms with E-state index in [-0.39, 0.29) is 23.3 Å². The van der Waals surface area contributed by atoms with Crippen LogP contribution in [0, 0.1) is 0 Å². The molecular formula is C16H20N2O2. The lowest BCUT2D eigenvalue weighted by atomic mass is 9.88. The van der Waals surface area contributed by atoms with E-state index in [1.807, 2.05) is 37.3 Å². The van der Waals surface area contributed by atoms with E-state index in [1.54, 1.807) is 4.90 Å². The van der Waals surface area contributed by atoms with E-state index in [9.17, 15) is 9.59 Å². The maximum atomic E-state index is 12.7. The van der Waals surface area contributed by atoms with Crippen LogP contribution in [0.3, 0.4) is 0 Å². The zero-order valence-corrected chi connectivity index (χ0v) is 11.8. The third-order valence-corrected chi connectivity index (χ3v) is 4.57. The van der Waals surface area contributed by atoms with Gasteiger partial charge in [0, 0.05) is 6.42 Å². The first-order valence-corrected chi connectivity index (χ1v) is 7.24. The van der Waals surface area contributed by atoms with E-state index in [1.165, 1.54) is 0 Å². The van der Waals surface area contributed by atoms with Crippen LogP contribution >= 0.6 is 0 Å². The Morgan fingerprint density at radius 3 is 2.45 bits per heavy atom. The number of imide groups is 1. The fourth-order valence-electron chi connectivity index (χ4n) is 3.33. The van der Waals surface area contributed by atoms with Gasteiger partial charge in [0.1, 0.15) is 0 Å². The van der Waals surface area contributed by atoms with Gasteiger partial charge in [-0.1, -0.05) is 30.3 Å². The average molecular weight is 272 g/mol. The Balaban J connectivity index is 1.87. The summed E-state index contributed by atoms with van der Waals surface area (Å²) in [4.78, 5) is 26.6. The Labute approximate surface area is 119 Å². The summed E-state index contributed by atoms with van der Waals surface area (Å²) in [7, 11) is 0. The summed E-state index contributed by atoms with van der Waals surface area (Å²) in [5, 5.41) is 3.29. The van der Waals surface area contributed by atoms with E-state index >= 15 is 0 Å². The molecule has 2 saturated heterocycles. The lowest BCUT2D eigenvalue weighted by Gasteiger charge is -2.40. The second kappa shape index (κ2) is 5.02. The van der Waals surface area contributed by atoms with E-state index in [0.717, 1.165) is 31.5 Å². The number of hydrogen-bond acceptors (Lipinski definition) is 3. The first-order valence-electron chi connectivity index (χ1n) is 7.24. The molecule has 2 aliphatic rings. The Bertz CT molecular complexity index is 521. The van der Waals surface area contributed by atoms with Crippen LogP contribution in [0.1, 0.15) is 37.7 Å². The largest absolute Gasteiger partial charge is 0.317 e. The third kappa shape index (κ3) is 2.14. The smallest absolute Gasteiger partial charge is 0.237 e. The minimum Gasteiger partial charge on any atom is -0.317 e. The molecule has 2 aliphatic heterocycles. The molecule has 1 atom stereocenters. The fourth-order valence-corrected chi connectivity index (χ4v) is 3.33. The molecule has 2 amide bonds. The number of likely N-dealkylation sites (tertiary alicyclic amines) is 1. The molecule has 0 radical (unpaired) electrons. The molecule has 4 nitrogen and oxygen atoms in total. The highest BCUT2D eigenvalue weighted by Gasteiger charge is 2.48. The maximum Gasteiger partial charge on any atom is 0.237 e. The first kappa shape index (κ1) is 13.3.